The summed E-state index contributed by atoms with van der Waals surface area (Å²) in [5.41, 5.74) is 11.6. The maximum absolute atomic E-state index is 11.7. The van der Waals surface area contributed by atoms with Crippen LogP contribution in [0, 0.1) is 0 Å². The number of Topliss-reactive ketones (excluding diaryl/α,β-unsaturated/α-hetero) is 2. The summed E-state index contributed by atoms with van der Waals surface area (Å²) in [4.78, 5) is 23.5. The molecule has 3 rings (SSSR count). The fraction of sp³-hybridized carbons (Fsp3) is 0.143. The summed E-state index contributed by atoms with van der Waals surface area (Å²) in [5, 5.41) is 18.8. The van der Waals surface area contributed by atoms with Crippen molar-refractivity contribution in [2.45, 2.75) is 12.2 Å². The van der Waals surface area contributed by atoms with Crippen molar-refractivity contribution in [3.63, 3.8) is 0 Å². The molecular weight excluding hydrogens is 292 g/mol. The maximum atomic E-state index is 11.7. The van der Waals surface area contributed by atoms with Crippen LogP contribution in [0.4, 0.5) is 0 Å². The first-order valence-corrected chi connectivity index (χ1v) is 6.29. The Bertz CT molecular complexity index is 671. The number of carbonyl (C=O) groups excluding carboxylic acids is 2. The van der Waals surface area contributed by atoms with Crippen LogP contribution in [0.3, 0.4) is 0 Å². The van der Waals surface area contributed by atoms with Gasteiger partial charge in [-0.15, -0.1) is 0 Å². The second kappa shape index (κ2) is 4.69. The van der Waals surface area contributed by atoms with Gasteiger partial charge in [-0.25, -0.2) is 0 Å². The van der Waals surface area contributed by atoms with E-state index >= 15 is 0 Å². The number of benzene rings is 1. The van der Waals surface area contributed by atoms with E-state index in [0.717, 1.165) is 0 Å². The Kier molecular flexibility index (Phi) is 2.94. The molecular formula is C14H12N2O6. The van der Waals surface area contributed by atoms with Crippen molar-refractivity contribution < 1.29 is 29.3 Å². The lowest BCUT2D eigenvalue weighted by molar-refractivity contribution is -0.124. The fourth-order valence-corrected chi connectivity index (χ4v) is 2.25. The Balaban J connectivity index is 1.81. The summed E-state index contributed by atoms with van der Waals surface area (Å²) in [7, 11) is 0. The van der Waals surface area contributed by atoms with Crippen molar-refractivity contribution in [3.05, 3.63) is 58.7 Å². The first-order valence-electron chi connectivity index (χ1n) is 6.29. The number of aliphatic hydroxyl groups excluding tert-OH is 2. The van der Waals surface area contributed by atoms with Gasteiger partial charge in [0.1, 0.15) is 0 Å². The molecule has 22 heavy (non-hydrogen) atoms. The van der Waals surface area contributed by atoms with E-state index in [0.29, 0.717) is 11.1 Å². The van der Waals surface area contributed by atoms with E-state index in [-0.39, 0.29) is 11.8 Å². The highest BCUT2D eigenvalue weighted by atomic mass is 16.5. The van der Waals surface area contributed by atoms with Crippen LogP contribution in [0.15, 0.2) is 47.5 Å². The lowest BCUT2D eigenvalue weighted by Gasteiger charge is -2.13. The van der Waals surface area contributed by atoms with E-state index < -0.39 is 35.3 Å². The second-order valence-electron chi connectivity index (χ2n) is 4.82. The molecule has 1 aromatic rings. The minimum absolute atomic E-state index is 0.324. The van der Waals surface area contributed by atoms with Gasteiger partial charge in [-0.3, -0.25) is 9.59 Å². The SMILES string of the molecule is NC1=C(O)C(=O)C(c2ccc(C3OC(N)=C(O)C3=O)cc2)O1. The number of rotatable bonds is 2. The zero-order chi connectivity index (χ0) is 16.0. The van der Waals surface area contributed by atoms with Crippen LogP contribution in [0.1, 0.15) is 23.3 Å². The van der Waals surface area contributed by atoms with Crippen LogP contribution in [0.5, 0.6) is 0 Å². The number of hydrogen-bond acceptors (Lipinski definition) is 8. The van der Waals surface area contributed by atoms with Gasteiger partial charge in [-0.2, -0.15) is 0 Å². The molecule has 0 fully saturated rings. The number of nitrogens with two attached hydrogens (primary N) is 2. The Morgan fingerprint density at radius 2 is 1.09 bits per heavy atom. The maximum Gasteiger partial charge on any atom is 0.247 e. The summed E-state index contributed by atoms with van der Waals surface area (Å²) in [6, 6.07) is 6.13. The summed E-state index contributed by atoms with van der Waals surface area (Å²) in [6.07, 6.45) is -2.04. The number of ether oxygens (including phenoxy) is 2. The van der Waals surface area contributed by atoms with Gasteiger partial charge in [0.25, 0.3) is 0 Å². The van der Waals surface area contributed by atoms with Gasteiger partial charge in [0.05, 0.1) is 0 Å². The zero-order valence-corrected chi connectivity index (χ0v) is 11.1. The molecule has 6 N–H and O–H groups in total. The predicted octanol–water partition coefficient (Wildman–Crippen LogP) is 0.339. The monoisotopic (exact) mass is 304 g/mol. The van der Waals surface area contributed by atoms with E-state index in [4.69, 9.17) is 20.9 Å². The van der Waals surface area contributed by atoms with E-state index in [1.165, 1.54) is 24.3 Å². The Labute approximate surface area is 124 Å². The zero-order valence-electron chi connectivity index (χ0n) is 11.1. The first kappa shape index (κ1) is 13.8. The largest absolute Gasteiger partial charge is 0.501 e. The minimum Gasteiger partial charge on any atom is -0.501 e. The molecule has 114 valence electrons. The van der Waals surface area contributed by atoms with E-state index in [1.807, 2.05) is 0 Å². The van der Waals surface area contributed by atoms with Gasteiger partial charge < -0.3 is 31.2 Å². The molecule has 0 aromatic heterocycles. The number of hydrogen-bond donors (Lipinski definition) is 4. The lowest BCUT2D eigenvalue weighted by atomic mass is 10.0. The molecule has 2 heterocycles. The van der Waals surface area contributed by atoms with Crippen LogP contribution in [0.25, 0.3) is 0 Å². The molecule has 0 saturated carbocycles. The molecule has 0 aliphatic carbocycles. The predicted molar refractivity (Wildman–Crippen MR) is 71.8 cm³/mol. The molecule has 2 aliphatic rings. The first-order chi connectivity index (χ1) is 10.4. The molecule has 0 saturated heterocycles. The van der Waals surface area contributed by atoms with Gasteiger partial charge in [0.2, 0.25) is 34.9 Å². The van der Waals surface area contributed by atoms with Crippen molar-refractivity contribution >= 4 is 11.6 Å². The fourth-order valence-electron chi connectivity index (χ4n) is 2.25. The summed E-state index contributed by atoms with van der Waals surface area (Å²) in [6.45, 7) is 0. The highest BCUT2D eigenvalue weighted by Crippen LogP contribution is 2.33. The van der Waals surface area contributed by atoms with Crippen molar-refractivity contribution in [1.29, 1.82) is 0 Å². The molecule has 1 aromatic carbocycles. The van der Waals surface area contributed by atoms with Gasteiger partial charge in [0.15, 0.2) is 12.2 Å². The highest BCUT2D eigenvalue weighted by molar-refractivity contribution is 6.00. The normalized spacial score (nSPS) is 24.7. The number of aliphatic hydroxyl groups is 2. The molecule has 2 atom stereocenters. The van der Waals surface area contributed by atoms with Gasteiger partial charge >= 0.3 is 0 Å². The number of ketones is 2. The molecule has 8 heteroatoms. The average molecular weight is 304 g/mol. The van der Waals surface area contributed by atoms with Crippen molar-refractivity contribution in [2.24, 2.45) is 11.5 Å². The van der Waals surface area contributed by atoms with Crippen LogP contribution < -0.4 is 11.5 Å². The molecule has 0 spiro atoms. The van der Waals surface area contributed by atoms with E-state index in [2.05, 4.69) is 0 Å². The third-order valence-electron chi connectivity index (χ3n) is 3.44. The van der Waals surface area contributed by atoms with E-state index in [1.54, 1.807) is 0 Å². The summed E-state index contributed by atoms with van der Waals surface area (Å²) >= 11 is 0. The standard InChI is InChI=1S/C14H12N2O6/c15-13-9(19)7(17)11(21-13)5-1-2-6(4-3-5)12-8(18)10(20)14(16)22-12/h1-4,11-12,19-20H,15-16H2. The van der Waals surface area contributed by atoms with Crippen molar-refractivity contribution in [2.75, 3.05) is 0 Å². The quantitative estimate of drug-likeness (QED) is 0.612. The third-order valence-corrected chi connectivity index (χ3v) is 3.44. The van der Waals surface area contributed by atoms with Gasteiger partial charge in [-0.05, 0) is 0 Å². The molecule has 2 unspecified atom stereocenters. The topological polar surface area (TPSA) is 145 Å². The molecule has 0 bridgehead atoms. The molecule has 0 amide bonds. The van der Waals surface area contributed by atoms with Gasteiger partial charge in [0, 0.05) is 11.1 Å². The van der Waals surface area contributed by atoms with Crippen LogP contribution in [-0.2, 0) is 19.1 Å². The Hall–Kier alpha value is -3.16. The second-order valence-corrected chi connectivity index (χ2v) is 4.82. The summed E-state index contributed by atoms with van der Waals surface area (Å²) in [5.74, 6) is -3.13. The summed E-state index contributed by atoms with van der Waals surface area (Å²) < 4.78 is 10.2. The Morgan fingerprint density at radius 3 is 1.32 bits per heavy atom. The average Bonchev–Trinajstić information content (AvgIpc) is 2.92. The smallest absolute Gasteiger partial charge is 0.247 e. The lowest BCUT2D eigenvalue weighted by Crippen LogP contribution is -2.12. The third kappa shape index (κ3) is 1.93. The molecule has 2 aliphatic heterocycles. The van der Waals surface area contributed by atoms with Crippen molar-refractivity contribution in [1.82, 2.24) is 0 Å². The highest BCUT2D eigenvalue weighted by Gasteiger charge is 2.37. The van der Waals surface area contributed by atoms with Crippen LogP contribution in [-0.4, -0.2) is 21.8 Å². The molecule has 8 nitrogen and oxygen atoms in total. The van der Waals surface area contributed by atoms with E-state index in [9.17, 15) is 19.8 Å². The minimum atomic E-state index is -1.02. The van der Waals surface area contributed by atoms with Gasteiger partial charge in [-0.1, -0.05) is 24.3 Å². The Morgan fingerprint density at radius 1 is 0.773 bits per heavy atom. The van der Waals surface area contributed by atoms with Crippen LogP contribution >= 0.6 is 0 Å². The van der Waals surface area contributed by atoms with Crippen molar-refractivity contribution in [3.8, 4) is 0 Å². The number of carbonyl (C=O) groups is 2. The molecule has 0 radical (unpaired) electrons. The van der Waals surface area contributed by atoms with Crippen LogP contribution in [0.2, 0.25) is 0 Å².